The molecular formula is C19H18ClN3O2. The molecule has 1 aromatic heterocycles. The number of piperazine rings is 1. The Morgan fingerprint density at radius 3 is 2.68 bits per heavy atom. The molecule has 0 aliphatic carbocycles. The predicted octanol–water partition coefficient (Wildman–Crippen LogP) is 3.54. The highest BCUT2D eigenvalue weighted by Crippen LogP contribution is 2.27. The lowest BCUT2D eigenvalue weighted by Gasteiger charge is -2.32. The first-order valence-electron chi connectivity index (χ1n) is 8.24. The minimum Gasteiger partial charge on any atom is -0.436 e. The summed E-state index contributed by atoms with van der Waals surface area (Å²) in [6.07, 6.45) is 0. The zero-order valence-corrected chi connectivity index (χ0v) is 14.7. The summed E-state index contributed by atoms with van der Waals surface area (Å²) in [7, 11) is 2.07. The van der Waals surface area contributed by atoms with E-state index in [0.29, 0.717) is 27.6 Å². The van der Waals surface area contributed by atoms with Gasteiger partial charge in [0, 0.05) is 42.3 Å². The van der Waals surface area contributed by atoms with Gasteiger partial charge in [0.1, 0.15) is 5.52 Å². The van der Waals surface area contributed by atoms with Gasteiger partial charge >= 0.3 is 0 Å². The van der Waals surface area contributed by atoms with E-state index in [1.165, 1.54) is 0 Å². The number of rotatable bonds is 2. The van der Waals surface area contributed by atoms with Crippen molar-refractivity contribution >= 4 is 28.6 Å². The first kappa shape index (κ1) is 16.1. The van der Waals surface area contributed by atoms with Gasteiger partial charge in [0.2, 0.25) is 5.89 Å². The maximum absolute atomic E-state index is 12.7. The van der Waals surface area contributed by atoms with Crippen LogP contribution in [0.5, 0.6) is 0 Å². The van der Waals surface area contributed by atoms with Crippen LogP contribution >= 0.6 is 11.6 Å². The van der Waals surface area contributed by atoms with Crippen molar-refractivity contribution in [1.29, 1.82) is 0 Å². The summed E-state index contributed by atoms with van der Waals surface area (Å²) in [5.74, 6) is 0.545. The fourth-order valence-corrected chi connectivity index (χ4v) is 3.19. The van der Waals surface area contributed by atoms with Crippen LogP contribution in [0.2, 0.25) is 5.02 Å². The molecule has 0 saturated carbocycles. The molecule has 3 aromatic rings. The van der Waals surface area contributed by atoms with Crippen molar-refractivity contribution in [2.75, 3.05) is 33.2 Å². The van der Waals surface area contributed by atoms with E-state index in [2.05, 4.69) is 16.9 Å². The maximum atomic E-state index is 12.7. The molecule has 0 radical (unpaired) electrons. The molecule has 25 heavy (non-hydrogen) atoms. The van der Waals surface area contributed by atoms with Gasteiger partial charge in [-0.3, -0.25) is 4.79 Å². The van der Waals surface area contributed by atoms with E-state index in [4.69, 9.17) is 16.0 Å². The zero-order chi connectivity index (χ0) is 17.4. The van der Waals surface area contributed by atoms with Gasteiger partial charge in [-0.2, -0.15) is 0 Å². The maximum Gasteiger partial charge on any atom is 0.254 e. The molecule has 0 spiro atoms. The fraction of sp³-hybridized carbons (Fsp3) is 0.263. The van der Waals surface area contributed by atoms with E-state index in [-0.39, 0.29) is 5.91 Å². The fourth-order valence-electron chi connectivity index (χ4n) is 3.00. The zero-order valence-electron chi connectivity index (χ0n) is 13.9. The third kappa shape index (κ3) is 3.25. The van der Waals surface area contributed by atoms with Gasteiger partial charge < -0.3 is 14.2 Å². The average molecular weight is 356 g/mol. The molecule has 6 heteroatoms. The van der Waals surface area contributed by atoms with Crippen molar-refractivity contribution in [3.05, 3.63) is 53.1 Å². The van der Waals surface area contributed by atoms with Crippen molar-refractivity contribution in [3.8, 4) is 11.5 Å². The summed E-state index contributed by atoms with van der Waals surface area (Å²) in [5.41, 5.74) is 2.79. The molecule has 1 fully saturated rings. The molecule has 1 aliphatic heterocycles. The number of hydrogen-bond donors (Lipinski definition) is 0. The van der Waals surface area contributed by atoms with Gasteiger partial charge in [-0.1, -0.05) is 17.7 Å². The molecule has 2 aromatic carbocycles. The smallest absolute Gasteiger partial charge is 0.254 e. The number of nitrogens with zero attached hydrogens (tertiary/aromatic N) is 3. The van der Waals surface area contributed by atoms with Gasteiger partial charge in [-0.25, -0.2) is 4.98 Å². The quantitative estimate of drug-likeness (QED) is 0.705. The number of benzene rings is 2. The summed E-state index contributed by atoms with van der Waals surface area (Å²) >= 11 is 6.03. The van der Waals surface area contributed by atoms with Crippen LogP contribution in [0.15, 0.2) is 46.9 Å². The number of oxazole rings is 1. The van der Waals surface area contributed by atoms with Crippen molar-refractivity contribution in [3.63, 3.8) is 0 Å². The number of amides is 1. The van der Waals surface area contributed by atoms with E-state index < -0.39 is 0 Å². The van der Waals surface area contributed by atoms with E-state index in [0.717, 1.165) is 31.7 Å². The Hall–Kier alpha value is -2.37. The third-order valence-electron chi connectivity index (χ3n) is 4.50. The van der Waals surface area contributed by atoms with Crippen molar-refractivity contribution < 1.29 is 9.21 Å². The SMILES string of the molecule is CN1CCN(C(=O)c2ccc3oc(-c4cccc(Cl)c4)nc3c2)CC1. The molecule has 0 N–H and O–H groups in total. The molecule has 1 saturated heterocycles. The van der Waals surface area contributed by atoms with Crippen LogP contribution in [0.4, 0.5) is 0 Å². The van der Waals surface area contributed by atoms with Crippen LogP contribution in [0.1, 0.15) is 10.4 Å². The van der Waals surface area contributed by atoms with Crippen LogP contribution in [-0.2, 0) is 0 Å². The molecule has 1 amide bonds. The second kappa shape index (κ2) is 6.50. The number of hydrogen-bond acceptors (Lipinski definition) is 4. The molecule has 1 aliphatic rings. The normalized spacial score (nSPS) is 15.7. The Balaban J connectivity index is 1.63. The number of likely N-dealkylation sites (N-methyl/N-ethyl adjacent to an activating group) is 1. The van der Waals surface area contributed by atoms with Crippen LogP contribution in [0.3, 0.4) is 0 Å². The third-order valence-corrected chi connectivity index (χ3v) is 4.73. The Morgan fingerprint density at radius 2 is 1.92 bits per heavy atom. The number of aromatic nitrogens is 1. The summed E-state index contributed by atoms with van der Waals surface area (Å²) in [6, 6.07) is 12.8. The largest absolute Gasteiger partial charge is 0.436 e. The molecule has 0 unspecified atom stereocenters. The first-order chi connectivity index (χ1) is 12.1. The van der Waals surface area contributed by atoms with Gasteiger partial charge in [-0.15, -0.1) is 0 Å². The summed E-state index contributed by atoms with van der Waals surface area (Å²) in [5, 5.41) is 0.630. The molecule has 0 atom stereocenters. The lowest BCUT2D eigenvalue weighted by molar-refractivity contribution is 0.0664. The Kier molecular flexibility index (Phi) is 4.19. The van der Waals surface area contributed by atoms with Crippen LogP contribution in [-0.4, -0.2) is 53.9 Å². The second-order valence-corrected chi connectivity index (χ2v) is 6.74. The predicted molar refractivity (Wildman–Crippen MR) is 97.9 cm³/mol. The number of halogens is 1. The van der Waals surface area contributed by atoms with Crippen molar-refractivity contribution in [2.24, 2.45) is 0 Å². The van der Waals surface area contributed by atoms with Crippen molar-refractivity contribution in [1.82, 2.24) is 14.8 Å². The number of fused-ring (bicyclic) bond motifs is 1. The molecular weight excluding hydrogens is 338 g/mol. The van der Waals surface area contributed by atoms with E-state index in [9.17, 15) is 4.79 Å². The van der Waals surface area contributed by atoms with Gasteiger partial charge in [0.15, 0.2) is 5.58 Å². The lowest BCUT2D eigenvalue weighted by Crippen LogP contribution is -2.47. The number of carbonyl (C=O) groups excluding carboxylic acids is 1. The second-order valence-electron chi connectivity index (χ2n) is 6.31. The summed E-state index contributed by atoms with van der Waals surface area (Å²) < 4.78 is 5.80. The molecule has 128 valence electrons. The average Bonchev–Trinajstić information content (AvgIpc) is 3.05. The lowest BCUT2D eigenvalue weighted by atomic mass is 10.1. The topological polar surface area (TPSA) is 49.6 Å². The Labute approximate surface area is 150 Å². The number of carbonyl (C=O) groups is 1. The molecule has 0 bridgehead atoms. The van der Waals surface area contributed by atoms with Gasteiger partial charge in [-0.05, 0) is 43.4 Å². The molecule has 4 rings (SSSR count). The standard InChI is InChI=1S/C19H18ClN3O2/c1-22-7-9-23(10-8-22)19(24)14-5-6-17-16(12-14)21-18(25-17)13-3-2-4-15(20)11-13/h2-6,11-12H,7-10H2,1H3. The van der Waals surface area contributed by atoms with Crippen LogP contribution < -0.4 is 0 Å². The van der Waals surface area contributed by atoms with E-state index >= 15 is 0 Å². The van der Waals surface area contributed by atoms with Crippen LogP contribution in [0, 0.1) is 0 Å². The highest BCUT2D eigenvalue weighted by molar-refractivity contribution is 6.30. The molecule has 2 heterocycles. The Morgan fingerprint density at radius 1 is 1.12 bits per heavy atom. The van der Waals surface area contributed by atoms with Gasteiger partial charge in [0.25, 0.3) is 5.91 Å². The highest BCUT2D eigenvalue weighted by atomic mass is 35.5. The summed E-state index contributed by atoms with van der Waals surface area (Å²) in [6.45, 7) is 3.30. The molecule has 5 nitrogen and oxygen atoms in total. The van der Waals surface area contributed by atoms with Gasteiger partial charge in [0.05, 0.1) is 0 Å². The minimum atomic E-state index is 0.0438. The first-order valence-corrected chi connectivity index (χ1v) is 8.62. The minimum absolute atomic E-state index is 0.0438. The monoisotopic (exact) mass is 355 g/mol. The summed E-state index contributed by atoms with van der Waals surface area (Å²) in [4.78, 5) is 21.3. The van der Waals surface area contributed by atoms with E-state index in [1.807, 2.05) is 23.1 Å². The highest BCUT2D eigenvalue weighted by Gasteiger charge is 2.21. The van der Waals surface area contributed by atoms with Crippen molar-refractivity contribution in [2.45, 2.75) is 0 Å². The van der Waals surface area contributed by atoms with Crippen LogP contribution in [0.25, 0.3) is 22.6 Å². The van der Waals surface area contributed by atoms with E-state index in [1.54, 1.807) is 24.3 Å². The Bertz CT molecular complexity index is 929.